The zero-order valence-corrected chi connectivity index (χ0v) is 14.9. The number of fused-ring (bicyclic) bond motifs is 1. The van der Waals surface area contributed by atoms with Gasteiger partial charge in [-0.2, -0.15) is 0 Å². The smallest absolute Gasteiger partial charge is 0.252 e. The van der Waals surface area contributed by atoms with E-state index >= 15 is 0 Å². The van der Waals surface area contributed by atoms with Gasteiger partial charge in [-0.25, -0.2) is 9.37 Å². The van der Waals surface area contributed by atoms with Gasteiger partial charge in [-0.05, 0) is 44.5 Å². The molecule has 0 radical (unpaired) electrons. The van der Waals surface area contributed by atoms with Crippen LogP contribution in [0.15, 0.2) is 42.6 Å². The fourth-order valence-electron chi connectivity index (χ4n) is 2.63. The fraction of sp³-hybridized carbons (Fsp3) is 0.250. The molecule has 0 bridgehead atoms. The number of ether oxygens (including phenoxy) is 1. The number of hydrogen-bond acceptors (Lipinski definition) is 4. The molecular formula is C20H20FN3O2. The Kier molecular flexibility index (Phi) is 5.11. The van der Waals surface area contributed by atoms with E-state index in [2.05, 4.69) is 15.3 Å². The first-order valence-corrected chi connectivity index (χ1v) is 8.39. The molecule has 0 unspecified atom stereocenters. The number of nitrogens with zero attached hydrogens (tertiary/aromatic N) is 2. The van der Waals surface area contributed by atoms with Gasteiger partial charge in [0.2, 0.25) is 5.88 Å². The van der Waals surface area contributed by atoms with E-state index in [1.165, 1.54) is 12.1 Å². The Balaban J connectivity index is 1.75. The molecule has 3 rings (SSSR count). The Hall–Kier alpha value is -3.02. The normalized spacial score (nSPS) is 11.0. The molecule has 1 aromatic carbocycles. The standard InChI is InChI=1S/C20H20FN3O2/c1-12(2)26-19-7-4-14(10-22-19)11-23-20(25)17-8-13(3)24-18-9-15(21)5-6-16(17)18/h4-10,12H,11H2,1-3H3,(H,23,25). The Morgan fingerprint density at radius 1 is 1.23 bits per heavy atom. The largest absolute Gasteiger partial charge is 0.475 e. The van der Waals surface area contributed by atoms with Gasteiger partial charge < -0.3 is 10.1 Å². The van der Waals surface area contributed by atoms with Crippen LogP contribution in [-0.2, 0) is 6.54 Å². The zero-order chi connectivity index (χ0) is 18.7. The number of aromatic nitrogens is 2. The molecular weight excluding hydrogens is 333 g/mol. The molecule has 0 saturated carbocycles. The van der Waals surface area contributed by atoms with Crippen LogP contribution in [0.4, 0.5) is 4.39 Å². The number of carbonyl (C=O) groups excluding carboxylic acids is 1. The Labute approximate surface area is 151 Å². The molecule has 0 spiro atoms. The molecule has 2 heterocycles. The van der Waals surface area contributed by atoms with Crippen molar-refractivity contribution in [3.8, 4) is 5.88 Å². The number of carbonyl (C=O) groups is 1. The summed E-state index contributed by atoms with van der Waals surface area (Å²) < 4.78 is 18.9. The second-order valence-electron chi connectivity index (χ2n) is 6.33. The molecule has 0 aliphatic rings. The SMILES string of the molecule is Cc1cc(C(=O)NCc2ccc(OC(C)C)nc2)c2ccc(F)cc2n1. The van der Waals surface area contributed by atoms with Crippen molar-refractivity contribution >= 4 is 16.8 Å². The summed E-state index contributed by atoms with van der Waals surface area (Å²) in [7, 11) is 0. The first-order chi connectivity index (χ1) is 12.4. The molecule has 1 N–H and O–H groups in total. The fourth-order valence-corrected chi connectivity index (χ4v) is 2.63. The van der Waals surface area contributed by atoms with E-state index in [-0.39, 0.29) is 17.8 Å². The van der Waals surface area contributed by atoms with Gasteiger partial charge in [-0.3, -0.25) is 9.78 Å². The topological polar surface area (TPSA) is 64.1 Å². The molecule has 5 nitrogen and oxygen atoms in total. The summed E-state index contributed by atoms with van der Waals surface area (Å²) in [5.41, 5.74) is 2.45. The number of benzene rings is 1. The summed E-state index contributed by atoms with van der Waals surface area (Å²) in [5, 5.41) is 3.49. The van der Waals surface area contributed by atoms with Crippen molar-refractivity contribution in [3.05, 3.63) is 65.2 Å². The van der Waals surface area contributed by atoms with Crippen molar-refractivity contribution < 1.29 is 13.9 Å². The maximum atomic E-state index is 13.4. The van der Waals surface area contributed by atoms with Crippen molar-refractivity contribution in [1.29, 1.82) is 0 Å². The van der Waals surface area contributed by atoms with Crippen LogP contribution in [0, 0.1) is 12.7 Å². The van der Waals surface area contributed by atoms with Crippen LogP contribution in [0.5, 0.6) is 5.88 Å². The average molecular weight is 353 g/mol. The second-order valence-corrected chi connectivity index (χ2v) is 6.33. The van der Waals surface area contributed by atoms with Crippen LogP contribution in [-0.4, -0.2) is 22.0 Å². The third-order valence-corrected chi connectivity index (χ3v) is 3.75. The van der Waals surface area contributed by atoms with Gasteiger partial charge in [0.25, 0.3) is 5.91 Å². The van der Waals surface area contributed by atoms with Gasteiger partial charge in [-0.15, -0.1) is 0 Å². The Bertz CT molecular complexity index is 934. The van der Waals surface area contributed by atoms with Gasteiger partial charge >= 0.3 is 0 Å². The van der Waals surface area contributed by atoms with Gasteiger partial charge in [0, 0.05) is 36.0 Å². The van der Waals surface area contributed by atoms with Crippen molar-refractivity contribution in [2.45, 2.75) is 33.4 Å². The highest BCUT2D eigenvalue weighted by molar-refractivity contribution is 6.06. The van der Waals surface area contributed by atoms with Crippen LogP contribution >= 0.6 is 0 Å². The quantitative estimate of drug-likeness (QED) is 0.758. The summed E-state index contributed by atoms with van der Waals surface area (Å²) in [4.78, 5) is 21.1. The first-order valence-electron chi connectivity index (χ1n) is 8.39. The molecule has 0 atom stereocenters. The van der Waals surface area contributed by atoms with E-state index in [9.17, 15) is 9.18 Å². The van der Waals surface area contributed by atoms with E-state index in [1.54, 1.807) is 31.3 Å². The summed E-state index contributed by atoms with van der Waals surface area (Å²) in [6.07, 6.45) is 1.73. The average Bonchev–Trinajstić information content (AvgIpc) is 2.59. The van der Waals surface area contributed by atoms with E-state index in [4.69, 9.17) is 4.74 Å². The molecule has 2 aromatic heterocycles. The minimum absolute atomic E-state index is 0.0566. The van der Waals surface area contributed by atoms with Crippen molar-refractivity contribution in [2.75, 3.05) is 0 Å². The molecule has 3 aromatic rings. The van der Waals surface area contributed by atoms with Crippen molar-refractivity contribution in [1.82, 2.24) is 15.3 Å². The zero-order valence-electron chi connectivity index (χ0n) is 14.9. The minimum atomic E-state index is -0.378. The predicted molar refractivity (Wildman–Crippen MR) is 97.6 cm³/mol. The van der Waals surface area contributed by atoms with E-state index in [0.29, 0.717) is 34.6 Å². The number of rotatable bonds is 5. The lowest BCUT2D eigenvalue weighted by atomic mass is 10.1. The van der Waals surface area contributed by atoms with Gasteiger partial charge in [0.05, 0.1) is 17.2 Å². The highest BCUT2D eigenvalue weighted by Crippen LogP contribution is 2.20. The van der Waals surface area contributed by atoms with Crippen LogP contribution in [0.25, 0.3) is 10.9 Å². The van der Waals surface area contributed by atoms with Crippen molar-refractivity contribution in [2.24, 2.45) is 0 Å². The van der Waals surface area contributed by atoms with Crippen molar-refractivity contribution in [3.63, 3.8) is 0 Å². The summed E-state index contributed by atoms with van der Waals surface area (Å²) >= 11 is 0. The summed E-state index contributed by atoms with van der Waals surface area (Å²) in [6, 6.07) is 9.57. The molecule has 1 amide bonds. The number of amides is 1. The minimum Gasteiger partial charge on any atom is -0.475 e. The highest BCUT2D eigenvalue weighted by atomic mass is 19.1. The van der Waals surface area contributed by atoms with Gasteiger partial charge in [0.1, 0.15) is 5.82 Å². The van der Waals surface area contributed by atoms with E-state index in [1.807, 2.05) is 19.9 Å². The third kappa shape index (κ3) is 4.14. The number of hydrogen-bond donors (Lipinski definition) is 1. The Morgan fingerprint density at radius 2 is 2.04 bits per heavy atom. The van der Waals surface area contributed by atoms with Crippen LogP contribution < -0.4 is 10.1 Å². The Morgan fingerprint density at radius 3 is 2.73 bits per heavy atom. The maximum Gasteiger partial charge on any atom is 0.252 e. The predicted octanol–water partition coefficient (Wildman–Crippen LogP) is 3.79. The van der Waals surface area contributed by atoms with Crippen LogP contribution in [0.1, 0.15) is 35.5 Å². The van der Waals surface area contributed by atoms with Crippen LogP contribution in [0.3, 0.4) is 0 Å². The number of aryl methyl sites for hydroxylation is 1. The molecule has 134 valence electrons. The third-order valence-electron chi connectivity index (χ3n) is 3.75. The molecule has 26 heavy (non-hydrogen) atoms. The van der Waals surface area contributed by atoms with E-state index < -0.39 is 0 Å². The molecule has 0 aliphatic heterocycles. The monoisotopic (exact) mass is 353 g/mol. The van der Waals surface area contributed by atoms with Gasteiger partial charge in [0.15, 0.2) is 0 Å². The molecule has 0 fully saturated rings. The maximum absolute atomic E-state index is 13.4. The number of halogens is 1. The summed E-state index contributed by atoms with van der Waals surface area (Å²) in [5.74, 6) is -0.0702. The second kappa shape index (κ2) is 7.47. The van der Waals surface area contributed by atoms with Crippen LogP contribution in [0.2, 0.25) is 0 Å². The highest BCUT2D eigenvalue weighted by Gasteiger charge is 2.12. The lowest BCUT2D eigenvalue weighted by Crippen LogP contribution is -2.23. The summed E-state index contributed by atoms with van der Waals surface area (Å²) in [6.45, 7) is 5.97. The number of nitrogens with one attached hydrogen (secondary N) is 1. The first kappa shape index (κ1) is 17.8. The lowest BCUT2D eigenvalue weighted by molar-refractivity contribution is 0.0952. The molecule has 0 aliphatic carbocycles. The molecule has 0 saturated heterocycles. The molecule has 6 heteroatoms. The van der Waals surface area contributed by atoms with Gasteiger partial charge in [-0.1, -0.05) is 6.07 Å². The van der Waals surface area contributed by atoms with E-state index in [0.717, 1.165) is 5.56 Å². The number of pyridine rings is 2. The lowest BCUT2D eigenvalue weighted by Gasteiger charge is -2.11.